The molecule has 1 heterocycles. The fourth-order valence-electron chi connectivity index (χ4n) is 3.84. The lowest BCUT2D eigenvalue weighted by atomic mass is 9.83. The van der Waals surface area contributed by atoms with Crippen molar-refractivity contribution in [2.24, 2.45) is 0 Å². The highest BCUT2D eigenvalue weighted by atomic mass is 19.2. The number of carbonyl (C=O) groups excluding carboxylic acids is 2. The first-order valence-corrected chi connectivity index (χ1v) is 9.49. The van der Waals surface area contributed by atoms with Gasteiger partial charge in [0.25, 0.3) is 11.8 Å². The highest BCUT2D eigenvalue weighted by molar-refractivity contribution is 6.10. The number of nitrogens with zero attached hydrogens (tertiary/aromatic N) is 2. The van der Waals surface area contributed by atoms with E-state index in [-0.39, 0.29) is 22.4 Å². The maximum atomic E-state index is 14.5. The molecule has 3 rings (SSSR count). The van der Waals surface area contributed by atoms with E-state index in [1.54, 1.807) is 6.07 Å². The van der Waals surface area contributed by atoms with Gasteiger partial charge in [0.15, 0.2) is 11.6 Å². The van der Waals surface area contributed by atoms with E-state index >= 15 is 0 Å². The van der Waals surface area contributed by atoms with Gasteiger partial charge in [0.05, 0.1) is 11.6 Å². The summed E-state index contributed by atoms with van der Waals surface area (Å²) in [6.07, 6.45) is 0.669. The molecule has 1 aliphatic rings. The molecule has 1 aliphatic heterocycles. The number of amides is 2. The highest BCUT2D eigenvalue weighted by Crippen LogP contribution is 2.33. The van der Waals surface area contributed by atoms with Gasteiger partial charge in [-0.2, -0.15) is 5.26 Å². The molecule has 2 aromatic rings. The minimum atomic E-state index is -1.24. The molecule has 0 spiro atoms. The van der Waals surface area contributed by atoms with E-state index < -0.39 is 29.0 Å². The quantitative estimate of drug-likeness (QED) is 0.785. The van der Waals surface area contributed by atoms with E-state index in [0.29, 0.717) is 12.8 Å². The smallest absolute Gasteiger partial charge is 0.271 e. The van der Waals surface area contributed by atoms with E-state index in [0.717, 1.165) is 17.7 Å². The number of hydrogen-bond donors (Lipinski definition) is 1. The van der Waals surface area contributed by atoms with Gasteiger partial charge >= 0.3 is 0 Å². The molecule has 30 heavy (non-hydrogen) atoms. The molecular weight excluding hydrogens is 388 g/mol. The second kappa shape index (κ2) is 8.07. The van der Waals surface area contributed by atoms with Crippen LogP contribution >= 0.6 is 0 Å². The minimum Gasteiger partial charge on any atom is -0.325 e. The molecule has 0 bridgehead atoms. The van der Waals surface area contributed by atoms with Crippen LogP contribution < -0.4 is 5.32 Å². The topological polar surface area (TPSA) is 73.2 Å². The minimum absolute atomic E-state index is 0.00170. The number of allylic oxidation sites excluding steroid dienone is 1. The summed E-state index contributed by atoms with van der Waals surface area (Å²) in [6, 6.07) is 13.1. The van der Waals surface area contributed by atoms with Crippen LogP contribution in [0.3, 0.4) is 0 Å². The Morgan fingerprint density at radius 1 is 1.17 bits per heavy atom. The third-order valence-corrected chi connectivity index (χ3v) is 5.71. The number of piperazine rings is 1. The first-order valence-electron chi connectivity index (χ1n) is 9.49. The van der Waals surface area contributed by atoms with E-state index in [2.05, 4.69) is 5.32 Å². The maximum Gasteiger partial charge on any atom is 0.271 e. The summed E-state index contributed by atoms with van der Waals surface area (Å²) in [5.41, 5.74) is -0.859. The number of benzene rings is 2. The van der Waals surface area contributed by atoms with Gasteiger partial charge in [0.1, 0.15) is 11.2 Å². The number of hydrogen-bond acceptors (Lipinski definition) is 3. The number of halogens is 2. The van der Waals surface area contributed by atoms with E-state index in [4.69, 9.17) is 0 Å². The number of likely N-dealkylation sites (N-methyl/N-ethyl adjacent to an activating group) is 1. The fourth-order valence-corrected chi connectivity index (χ4v) is 3.84. The zero-order valence-electron chi connectivity index (χ0n) is 16.9. The van der Waals surface area contributed by atoms with Crippen LogP contribution in [0.25, 0.3) is 5.57 Å². The second-order valence-corrected chi connectivity index (χ2v) is 7.26. The number of rotatable bonds is 4. The van der Waals surface area contributed by atoms with Crippen molar-refractivity contribution >= 4 is 17.4 Å². The molecule has 0 aromatic heterocycles. The molecule has 154 valence electrons. The van der Waals surface area contributed by atoms with Crippen molar-refractivity contribution in [3.63, 3.8) is 0 Å². The SMILES string of the molecule is CCC1(Cc2ccccc2)C(=O)NC(=C(C)c2c(C#N)ccc(F)c2F)C(=O)N1C. The van der Waals surface area contributed by atoms with Crippen molar-refractivity contribution in [2.45, 2.75) is 32.2 Å². The third kappa shape index (κ3) is 3.35. The second-order valence-electron chi connectivity index (χ2n) is 7.26. The van der Waals surface area contributed by atoms with Gasteiger partial charge in [-0.15, -0.1) is 0 Å². The van der Waals surface area contributed by atoms with Gasteiger partial charge in [-0.05, 0) is 36.6 Å². The zero-order valence-corrected chi connectivity index (χ0v) is 16.9. The van der Waals surface area contributed by atoms with Crippen LogP contribution in [0.2, 0.25) is 0 Å². The summed E-state index contributed by atoms with van der Waals surface area (Å²) in [5.74, 6) is -3.32. The third-order valence-electron chi connectivity index (χ3n) is 5.71. The lowest BCUT2D eigenvalue weighted by Crippen LogP contribution is -2.65. The monoisotopic (exact) mass is 409 g/mol. The molecule has 2 aromatic carbocycles. The average Bonchev–Trinajstić information content (AvgIpc) is 2.75. The van der Waals surface area contributed by atoms with Crippen molar-refractivity contribution in [3.05, 3.63) is 76.5 Å². The van der Waals surface area contributed by atoms with Crippen molar-refractivity contribution in [3.8, 4) is 6.07 Å². The summed E-state index contributed by atoms with van der Waals surface area (Å²) in [5, 5.41) is 11.9. The summed E-state index contributed by atoms with van der Waals surface area (Å²) in [4.78, 5) is 27.7. The molecule has 0 saturated carbocycles. The van der Waals surface area contributed by atoms with Crippen LogP contribution in [0.15, 0.2) is 48.2 Å². The van der Waals surface area contributed by atoms with Crippen molar-refractivity contribution in [1.29, 1.82) is 5.26 Å². The van der Waals surface area contributed by atoms with E-state index in [1.807, 2.05) is 37.3 Å². The molecule has 1 atom stereocenters. The Balaban J connectivity index is 2.09. The summed E-state index contributed by atoms with van der Waals surface area (Å²) in [7, 11) is 1.52. The molecule has 1 fully saturated rings. The summed E-state index contributed by atoms with van der Waals surface area (Å²) in [6.45, 7) is 3.20. The molecule has 0 radical (unpaired) electrons. The Bertz CT molecular complexity index is 1090. The van der Waals surface area contributed by atoms with Crippen molar-refractivity contribution in [1.82, 2.24) is 10.2 Å². The van der Waals surface area contributed by atoms with Gasteiger partial charge in [-0.25, -0.2) is 8.78 Å². The van der Waals surface area contributed by atoms with Gasteiger partial charge in [-0.3, -0.25) is 9.59 Å². The van der Waals surface area contributed by atoms with Gasteiger partial charge in [0, 0.05) is 19.0 Å². The molecule has 1 saturated heterocycles. The first-order chi connectivity index (χ1) is 14.3. The maximum absolute atomic E-state index is 14.5. The molecule has 5 nitrogen and oxygen atoms in total. The Labute approximate surface area is 173 Å². The molecule has 0 aliphatic carbocycles. The predicted molar refractivity (Wildman–Crippen MR) is 108 cm³/mol. The van der Waals surface area contributed by atoms with Crippen LogP contribution in [0, 0.1) is 23.0 Å². The normalized spacial score (nSPS) is 20.6. The van der Waals surface area contributed by atoms with E-state index in [1.165, 1.54) is 18.9 Å². The van der Waals surface area contributed by atoms with Gasteiger partial charge in [0.2, 0.25) is 0 Å². The van der Waals surface area contributed by atoms with Gasteiger partial charge < -0.3 is 10.2 Å². The number of nitrogens with one attached hydrogen (secondary N) is 1. The highest BCUT2D eigenvalue weighted by Gasteiger charge is 2.48. The van der Waals surface area contributed by atoms with E-state index in [9.17, 15) is 23.6 Å². The van der Waals surface area contributed by atoms with Crippen LogP contribution in [0.4, 0.5) is 8.78 Å². The average molecular weight is 409 g/mol. The standard InChI is InChI=1S/C23H21F2N3O2/c1-4-23(12-15-8-6-5-7-9-15)22(30)27-20(21(29)28(23)3)14(2)18-16(13-26)10-11-17(24)19(18)25/h5-11H,4,12H2,1-3H3,(H,27,30). The molecule has 7 heteroatoms. The number of carbonyl (C=O) groups is 2. The molecule has 2 amide bonds. The number of nitriles is 1. The largest absolute Gasteiger partial charge is 0.325 e. The summed E-state index contributed by atoms with van der Waals surface area (Å²) >= 11 is 0. The van der Waals surface area contributed by atoms with Crippen LogP contribution in [-0.4, -0.2) is 29.3 Å². The molecule has 1 unspecified atom stereocenters. The summed E-state index contributed by atoms with van der Waals surface area (Å²) < 4.78 is 28.3. The predicted octanol–water partition coefficient (Wildman–Crippen LogP) is 3.55. The molecular formula is C23H21F2N3O2. The lowest BCUT2D eigenvalue weighted by Gasteiger charge is -2.44. The van der Waals surface area contributed by atoms with Crippen molar-refractivity contribution < 1.29 is 18.4 Å². The van der Waals surface area contributed by atoms with Crippen LogP contribution in [-0.2, 0) is 16.0 Å². The Morgan fingerprint density at radius 2 is 1.83 bits per heavy atom. The lowest BCUT2D eigenvalue weighted by molar-refractivity contribution is -0.148. The van der Waals surface area contributed by atoms with Crippen LogP contribution in [0.1, 0.15) is 37.0 Å². The first kappa shape index (κ1) is 21.2. The zero-order chi connectivity index (χ0) is 22.1. The molecule has 1 N–H and O–H groups in total. The Morgan fingerprint density at radius 3 is 2.43 bits per heavy atom. The van der Waals surface area contributed by atoms with Crippen molar-refractivity contribution in [2.75, 3.05) is 7.05 Å². The Hall–Kier alpha value is -3.53. The Kier molecular flexibility index (Phi) is 5.70. The van der Waals surface area contributed by atoms with Gasteiger partial charge in [-0.1, -0.05) is 37.3 Å². The van der Waals surface area contributed by atoms with Crippen LogP contribution in [0.5, 0.6) is 0 Å². The fraction of sp³-hybridized carbons (Fsp3) is 0.261.